The zero-order chi connectivity index (χ0) is 16.9. The number of rotatable bonds is 6. The minimum atomic E-state index is -3.17. The van der Waals surface area contributed by atoms with Gasteiger partial charge in [0.2, 0.25) is 15.9 Å². The molecule has 0 aliphatic carbocycles. The van der Waals surface area contributed by atoms with E-state index in [1.807, 2.05) is 30.3 Å². The molecule has 0 spiro atoms. The van der Waals surface area contributed by atoms with Crippen molar-refractivity contribution in [3.8, 4) is 0 Å². The van der Waals surface area contributed by atoms with E-state index in [0.29, 0.717) is 38.4 Å². The summed E-state index contributed by atoms with van der Waals surface area (Å²) >= 11 is 5.78. The predicted molar refractivity (Wildman–Crippen MR) is 93.3 cm³/mol. The zero-order valence-electron chi connectivity index (χ0n) is 13.3. The van der Waals surface area contributed by atoms with E-state index in [-0.39, 0.29) is 11.8 Å². The smallest absolute Gasteiger partial charge is 0.230 e. The number of sulfonamides is 1. The van der Waals surface area contributed by atoms with Gasteiger partial charge >= 0.3 is 0 Å². The molecule has 1 amide bonds. The Hall–Kier alpha value is -1.11. The summed E-state index contributed by atoms with van der Waals surface area (Å²) in [6.45, 7) is 1.40. The summed E-state index contributed by atoms with van der Waals surface area (Å²) in [6, 6.07) is 9.55. The van der Waals surface area contributed by atoms with E-state index in [4.69, 9.17) is 11.6 Å². The molecule has 23 heavy (non-hydrogen) atoms. The first-order chi connectivity index (χ1) is 10.9. The van der Waals surface area contributed by atoms with Gasteiger partial charge in [-0.1, -0.05) is 18.2 Å². The molecule has 1 aliphatic heterocycles. The Kier molecular flexibility index (Phi) is 6.44. The highest BCUT2D eigenvalue weighted by Gasteiger charge is 2.31. The maximum absolute atomic E-state index is 12.9. The fourth-order valence-corrected chi connectivity index (χ4v) is 3.84. The number of hydrogen-bond acceptors (Lipinski definition) is 3. The van der Waals surface area contributed by atoms with Gasteiger partial charge < -0.3 is 4.90 Å². The molecular formula is C16H23ClN2O3S. The predicted octanol–water partition coefficient (Wildman–Crippen LogP) is 2.32. The van der Waals surface area contributed by atoms with E-state index in [1.165, 1.54) is 10.6 Å². The van der Waals surface area contributed by atoms with Crippen LogP contribution in [0.5, 0.6) is 0 Å². The Balaban J connectivity index is 2.07. The van der Waals surface area contributed by atoms with Crippen molar-refractivity contribution in [1.29, 1.82) is 0 Å². The molecule has 1 fully saturated rings. The van der Waals surface area contributed by atoms with Crippen LogP contribution < -0.4 is 4.90 Å². The van der Waals surface area contributed by atoms with Gasteiger partial charge in [0.25, 0.3) is 0 Å². The van der Waals surface area contributed by atoms with Crippen LogP contribution >= 0.6 is 11.6 Å². The summed E-state index contributed by atoms with van der Waals surface area (Å²) in [5.41, 5.74) is 0.869. The number of alkyl halides is 1. The molecule has 0 unspecified atom stereocenters. The van der Waals surface area contributed by atoms with Crippen LogP contribution in [0.3, 0.4) is 0 Å². The topological polar surface area (TPSA) is 57.7 Å². The molecule has 7 heteroatoms. The monoisotopic (exact) mass is 358 g/mol. The molecular weight excluding hydrogens is 336 g/mol. The summed E-state index contributed by atoms with van der Waals surface area (Å²) in [4.78, 5) is 14.7. The minimum absolute atomic E-state index is 0.0643. The number of para-hydroxylation sites is 1. The summed E-state index contributed by atoms with van der Waals surface area (Å²) in [6.07, 6.45) is 3.07. The first-order valence-electron chi connectivity index (χ1n) is 7.81. The number of benzene rings is 1. The van der Waals surface area contributed by atoms with Gasteiger partial charge in [-0.15, -0.1) is 11.6 Å². The summed E-state index contributed by atoms with van der Waals surface area (Å²) in [5, 5.41) is 0. The molecule has 1 heterocycles. The van der Waals surface area contributed by atoms with E-state index in [9.17, 15) is 13.2 Å². The highest BCUT2D eigenvalue weighted by Crippen LogP contribution is 2.24. The third-order valence-corrected chi connectivity index (χ3v) is 5.69. The molecule has 0 atom stereocenters. The lowest BCUT2D eigenvalue weighted by Gasteiger charge is -2.33. The van der Waals surface area contributed by atoms with Crippen molar-refractivity contribution in [2.45, 2.75) is 19.3 Å². The number of carbonyl (C=O) groups excluding carboxylic acids is 1. The number of piperidine rings is 1. The Morgan fingerprint density at radius 2 is 1.87 bits per heavy atom. The largest absolute Gasteiger partial charge is 0.312 e. The lowest BCUT2D eigenvalue weighted by molar-refractivity contribution is -0.123. The highest BCUT2D eigenvalue weighted by molar-refractivity contribution is 7.88. The van der Waals surface area contributed by atoms with E-state index in [1.54, 1.807) is 4.90 Å². The van der Waals surface area contributed by atoms with Crippen molar-refractivity contribution >= 4 is 33.2 Å². The number of amides is 1. The average Bonchev–Trinajstić information content (AvgIpc) is 2.55. The van der Waals surface area contributed by atoms with E-state index in [2.05, 4.69) is 0 Å². The van der Waals surface area contributed by atoms with E-state index >= 15 is 0 Å². The van der Waals surface area contributed by atoms with Crippen LogP contribution in [0.4, 0.5) is 5.69 Å². The van der Waals surface area contributed by atoms with Crippen molar-refractivity contribution in [2.75, 3.05) is 36.7 Å². The number of halogens is 1. The van der Waals surface area contributed by atoms with Crippen LogP contribution in [0.2, 0.25) is 0 Å². The lowest BCUT2D eigenvalue weighted by Crippen LogP contribution is -2.44. The SMILES string of the molecule is CS(=O)(=O)N1CCC(C(=O)N(CCCCl)c2ccccc2)CC1. The number of hydrogen-bond donors (Lipinski definition) is 0. The summed E-state index contributed by atoms with van der Waals surface area (Å²) in [5.74, 6) is 0.432. The van der Waals surface area contributed by atoms with Gasteiger partial charge in [-0.3, -0.25) is 4.79 Å². The van der Waals surface area contributed by atoms with E-state index < -0.39 is 10.0 Å². The molecule has 128 valence electrons. The molecule has 0 saturated carbocycles. The second kappa shape index (κ2) is 8.13. The molecule has 0 aromatic heterocycles. The third kappa shape index (κ3) is 4.93. The van der Waals surface area contributed by atoms with Gasteiger partial charge in [-0.05, 0) is 31.4 Å². The van der Waals surface area contributed by atoms with Crippen molar-refractivity contribution in [3.63, 3.8) is 0 Å². The van der Waals surface area contributed by atoms with Crippen LogP contribution in [0.15, 0.2) is 30.3 Å². The Morgan fingerprint density at radius 1 is 1.26 bits per heavy atom. The van der Waals surface area contributed by atoms with Crippen LogP contribution in [0, 0.1) is 5.92 Å². The van der Waals surface area contributed by atoms with Gasteiger partial charge in [0.15, 0.2) is 0 Å². The Morgan fingerprint density at radius 3 is 2.39 bits per heavy atom. The molecule has 1 aliphatic rings. The lowest BCUT2D eigenvalue weighted by atomic mass is 9.96. The summed E-state index contributed by atoms with van der Waals surface area (Å²) < 4.78 is 24.6. The van der Waals surface area contributed by atoms with Crippen LogP contribution in [0.25, 0.3) is 0 Å². The van der Waals surface area contributed by atoms with Crippen LogP contribution in [0.1, 0.15) is 19.3 Å². The normalized spacial score (nSPS) is 17.1. The molecule has 5 nitrogen and oxygen atoms in total. The van der Waals surface area contributed by atoms with Gasteiger partial charge in [-0.2, -0.15) is 0 Å². The average molecular weight is 359 g/mol. The van der Waals surface area contributed by atoms with Gasteiger partial charge in [-0.25, -0.2) is 12.7 Å². The standard InChI is InChI=1S/C16H23ClN2O3S/c1-23(21,22)18-12-8-14(9-13-18)16(20)19(11-5-10-17)15-6-3-2-4-7-15/h2-4,6-7,14H,5,8-13H2,1H3. The maximum atomic E-state index is 12.9. The second-order valence-corrected chi connectivity index (χ2v) is 8.16. The molecule has 1 aromatic rings. The van der Waals surface area contributed by atoms with E-state index in [0.717, 1.165) is 12.1 Å². The third-order valence-electron chi connectivity index (χ3n) is 4.12. The Labute approximate surface area is 143 Å². The van der Waals surface area contributed by atoms with Crippen molar-refractivity contribution in [2.24, 2.45) is 5.92 Å². The number of nitrogens with zero attached hydrogens (tertiary/aromatic N) is 2. The van der Waals surface area contributed by atoms with Gasteiger partial charge in [0.05, 0.1) is 6.26 Å². The van der Waals surface area contributed by atoms with Gasteiger partial charge in [0.1, 0.15) is 0 Å². The number of carbonyl (C=O) groups is 1. The molecule has 0 bridgehead atoms. The fourth-order valence-electron chi connectivity index (χ4n) is 2.85. The van der Waals surface area contributed by atoms with Crippen LogP contribution in [-0.4, -0.2) is 50.4 Å². The fraction of sp³-hybridized carbons (Fsp3) is 0.562. The minimum Gasteiger partial charge on any atom is -0.312 e. The maximum Gasteiger partial charge on any atom is 0.230 e. The van der Waals surface area contributed by atoms with Crippen molar-refractivity contribution in [3.05, 3.63) is 30.3 Å². The highest BCUT2D eigenvalue weighted by atomic mass is 35.5. The molecule has 0 radical (unpaired) electrons. The van der Waals surface area contributed by atoms with Crippen molar-refractivity contribution < 1.29 is 13.2 Å². The quantitative estimate of drug-likeness (QED) is 0.733. The molecule has 0 N–H and O–H groups in total. The number of anilines is 1. The Bertz CT molecular complexity index is 613. The van der Waals surface area contributed by atoms with Gasteiger partial charge in [0, 0.05) is 37.1 Å². The first kappa shape index (κ1) is 18.2. The molecule has 1 aromatic carbocycles. The van der Waals surface area contributed by atoms with Crippen LogP contribution in [-0.2, 0) is 14.8 Å². The molecule has 2 rings (SSSR count). The summed E-state index contributed by atoms with van der Waals surface area (Å²) in [7, 11) is -3.17. The second-order valence-electron chi connectivity index (χ2n) is 5.80. The molecule has 1 saturated heterocycles. The zero-order valence-corrected chi connectivity index (χ0v) is 14.9. The first-order valence-corrected chi connectivity index (χ1v) is 10.2. The van der Waals surface area contributed by atoms with Crippen molar-refractivity contribution in [1.82, 2.24) is 4.31 Å².